The number of carbonyl (C=O) groups is 1. The van der Waals surface area contributed by atoms with E-state index in [1.807, 2.05) is 175 Å². The van der Waals surface area contributed by atoms with Crippen LogP contribution in [0.3, 0.4) is 0 Å². The number of benzene rings is 8. The summed E-state index contributed by atoms with van der Waals surface area (Å²) in [6, 6.07) is 66.8. The average Bonchev–Trinajstić information content (AvgIpc) is 3.68. The summed E-state index contributed by atoms with van der Waals surface area (Å²) in [4.78, 5) is 25.4. The zero-order valence-electron chi connectivity index (χ0n) is 37.9. The molecule has 0 unspecified atom stereocenters. The van der Waals surface area contributed by atoms with Crippen LogP contribution in [0.2, 0.25) is 0 Å². The number of rotatable bonds is 8. The first-order valence-electron chi connectivity index (χ1n) is 21.8. The molecule has 13 heteroatoms. The van der Waals surface area contributed by atoms with E-state index in [0.717, 1.165) is 41.9 Å². The van der Waals surface area contributed by atoms with Crippen molar-refractivity contribution in [1.29, 1.82) is 0 Å². The van der Waals surface area contributed by atoms with Crippen LogP contribution in [0.15, 0.2) is 235 Å². The maximum absolute atomic E-state index is 13.8. The van der Waals surface area contributed by atoms with E-state index in [4.69, 9.17) is 0 Å². The van der Waals surface area contributed by atoms with Gasteiger partial charge in [0.05, 0.1) is 10.9 Å². The monoisotopic (exact) mass is 1110 g/mol. The second-order valence-corrected chi connectivity index (χ2v) is 21.9. The van der Waals surface area contributed by atoms with Crippen LogP contribution in [0.5, 0.6) is 5.75 Å². The van der Waals surface area contributed by atoms with Crippen LogP contribution in [-0.4, -0.2) is 26.2 Å². The topological polar surface area (TPSA) is 98.4 Å². The molecule has 0 saturated carbocycles. The Morgan fingerprint density at radius 1 is 0.529 bits per heavy atom. The molecule has 70 heavy (non-hydrogen) atoms. The molecule has 2 aromatic heterocycles. The number of ketones is 1. The van der Waals surface area contributed by atoms with Crippen molar-refractivity contribution in [2.45, 2.75) is 13.1 Å². The fourth-order valence-electron chi connectivity index (χ4n) is 8.52. The molecule has 1 radical (unpaired) electrons. The van der Waals surface area contributed by atoms with Crippen molar-refractivity contribution in [2.75, 3.05) is 0 Å². The van der Waals surface area contributed by atoms with Crippen LogP contribution < -0.4 is 32.1 Å². The number of allylic oxidation sites excluding steroid dienone is 1. The van der Waals surface area contributed by atoms with E-state index in [1.165, 1.54) is 0 Å². The van der Waals surface area contributed by atoms with Gasteiger partial charge in [0.15, 0.2) is 14.3 Å². The van der Waals surface area contributed by atoms with Crippen molar-refractivity contribution in [2.24, 2.45) is 7.05 Å². The van der Waals surface area contributed by atoms with Crippen molar-refractivity contribution in [3.8, 4) is 11.4 Å². The maximum atomic E-state index is 13.8. The van der Waals surface area contributed by atoms with Gasteiger partial charge in [-0.05, 0) is 42.6 Å². The molecule has 8 aromatic carbocycles. The molecule has 0 saturated heterocycles. The molecule has 0 spiro atoms. The Balaban J connectivity index is 0.000000164. The molecular formula is C57H45EuF3N2O5P2. The molecule has 0 amide bonds. The van der Waals surface area contributed by atoms with Gasteiger partial charge in [0.2, 0.25) is 0 Å². The van der Waals surface area contributed by atoms with E-state index >= 15 is 0 Å². The van der Waals surface area contributed by atoms with Gasteiger partial charge in [-0.3, -0.25) is 14.2 Å². The minimum Gasteiger partial charge on any atom is -0.506 e. The number of hydrogen-bond acceptors (Lipinski definition) is 5. The fraction of sp³-hybridized carbons (Fsp3) is 0.0526. The van der Waals surface area contributed by atoms with Crippen LogP contribution in [0.25, 0.3) is 38.4 Å². The largest absolute Gasteiger partial charge is 0.506 e. The summed E-state index contributed by atoms with van der Waals surface area (Å²) in [5.74, 6) is -3.36. The number of aromatic hydroxyl groups is 1. The number of aryl methyl sites for hydroxylation is 1. The molecule has 10 rings (SSSR count). The van der Waals surface area contributed by atoms with E-state index < -0.39 is 43.1 Å². The Kier molecular flexibility index (Phi) is 16.1. The maximum Gasteiger partial charge on any atom is 0.455 e. The predicted octanol–water partition coefficient (Wildman–Crippen LogP) is 11.9. The molecule has 1 N–H and O–H groups in total. The Labute approximate surface area is 443 Å². The van der Waals surface area contributed by atoms with E-state index in [-0.39, 0.29) is 66.0 Å². The number of aromatic nitrogens is 2. The van der Waals surface area contributed by atoms with E-state index in [9.17, 15) is 37.0 Å². The SMILES string of the molecule is C=C(C)P(=O)(c1ccccc1)c1ccccc1.Cn1c2ccccc2c2c3c(O)c(C(=O)C(F)(F)F)c(=O)n(-c4ccccc4)c3ccc21.O=P(c1ccccc1)(c1ccccc1)c1ccccc1.[Eu]. The Hall–Kier alpha value is -6.19. The first-order valence-corrected chi connectivity index (χ1v) is 25.2. The van der Waals surface area contributed by atoms with Crippen molar-refractivity contribution in [3.63, 3.8) is 0 Å². The Bertz CT molecular complexity index is 3480. The number of Topliss-reactive ketones (excluding diaryl/α,β-unsaturated/α-hetero) is 1. The van der Waals surface area contributed by atoms with Crippen molar-refractivity contribution in [3.05, 3.63) is 246 Å². The molecule has 0 bridgehead atoms. The van der Waals surface area contributed by atoms with Crippen LogP contribution >= 0.6 is 14.3 Å². The number of halogens is 3. The van der Waals surface area contributed by atoms with Gasteiger partial charge in [-0.25, -0.2) is 0 Å². The zero-order valence-corrected chi connectivity index (χ0v) is 42.1. The normalized spacial score (nSPS) is 11.4. The minimum atomic E-state index is -5.33. The summed E-state index contributed by atoms with van der Waals surface area (Å²) in [5, 5.41) is 17.1. The number of pyridine rings is 1. The smallest absolute Gasteiger partial charge is 0.455 e. The quantitative estimate of drug-likeness (QED) is 0.121. The zero-order chi connectivity index (χ0) is 48.9. The number of para-hydroxylation sites is 2. The molecule has 0 atom stereocenters. The third kappa shape index (κ3) is 9.92. The van der Waals surface area contributed by atoms with Crippen LogP contribution in [-0.2, 0) is 16.2 Å². The number of hydrogen-bond donors (Lipinski definition) is 1. The third-order valence-corrected chi connectivity index (χ3v) is 18.0. The minimum absolute atomic E-state index is 0. The molecule has 0 aliphatic carbocycles. The molecule has 0 aliphatic rings. The summed E-state index contributed by atoms with van der Waals surface area (Å²) in [6.45, 7) is 5.75. The van der Waals surface area contributed by atoms with E-state index in [2.05, 4.69) is 6.58 Å². The van der Waals surface area contributed by atoms with Crippen molar-refractivity contribution < 1.29 is 81.6 Å². The molecular weight excluding hydrogens is 1060 g/mol. The summed E-state index contributed by atoms with van der Waals surface area (Å²) in [5.41, 5.74) is -0.634. The van der Waals surface area contributed by atoms with Gasteiger partial charge in [0.25, 0.3) is 11.3 Å². The molecule has 2 heterocycles. The molecule has 7 nitrogen and oxygen atoms in total. The van der Waals surface area contributed by atoms with Crippen molar-refractivity contribution in [1.82, 2.24) is 9.13 Å². The van der Waals surface area contributed by atoms with Crippen LogP contribution in [0.1, 0.15) is 17.3 Å². The van der Waals surface area contributed by atoms with E-state index in [1.54, 1.807) is 61.6 Å². The number of fused-ring (bicyclic) bond motifs is 5. The van der Waals surface area contributed by atoms with Crippen LogP contribution in [0.4, 0.5) is 13.2 Å². The van der Waals surface area contributed by atoms with Gasteiger partial charge in [-0.1, -0.05) is 195 Å². The molecule has 0 fully saturated rings. The Morgan fingerprint density at radius 2 is 0.900 bits per heavy atom. The molecule has 351 valence electrons. The summed E-state index contributed by atoms with van der Waals surface area (Å²) in [6.07, 6.45) is -5.33. The summed E-state index contributed by atoms with van der Waals surface area (Å²) in [7, 11) is -3.67. The summed E-state index contributed by atoms with van der Waals surface area (Å²) >= 11 is 0. The second kappa shape index (κ2) is 21.8. The number of alkyl halides is 3. The van der Waals surface area contributed by atoms with Gasteiger partial charge >= 0.3 is 6.18 Å². The first kappa shape index (κ1) is 51.7. The molecule has 10 aromatic rings. The van der Waals surface area contributed by atoms with Crippen molar-refractivity contribution >= 4 is 79.3 Å². The predicted molar refractivity (Wildman–Crippen MR) is 276 cm³/mol. The van der Waals surface area contributed by atoms with Gasteiger partial charge in [0.1, 0.15) is 11.3 Å². The number of carbonyl (C=O) groups excluding carboxylic acids is 1. The fourth-order valence-corrected chi connectivity index (χ4v) is 13.6. The van der Waals surface area contributed by atoms with Gasteiger partial charge in [-0.15, -0.1) is 0 Å². The molecule has 0 aliphatic heterocycles. The average molecular weight is 1110 g/mol. The van der Waals surface area contributed by atoms with E-state index in [0.29, 0.717) is 16.3 Å². The van der Waals surface area contributed by atoms with Gasteiger partial charge in [-0.2, -0.15) is 13.2 Å². The van der Waals surface area contributed by atoms with Gasteiger partial charge < -0.3 is 18.8 Å². The first-order chi connectivity index (χ1) is 33.2. The third-order valence-electron chi connectivity index (χ3n) is 11.8. The second-order valence-electron chi connectivity index (χ2n) is 16.1. The summed E-state index contributed by atoms with van der Waals surface area (Å²) < 4.78 is 70.1. The Morgan fingerprint density at radius 3 is 1.31 bits per heavy atom. The van der Waals surface area contributed by atoms with Crippen LogP contribution in [0, 0.1) is 49.4 Å². The number of nitrogens with zero attached hydrogens (tertiary/aromatic N) is 2. The standard InChI is InChI=1S/C24H15F3N2O3.C18H15OP.C15H15OP.Eu/c1-28-15-10-6-5-9-14(15)18-16(28)11-12-17-19(18)21(30)20(22(31)24(25,26)27)23(32)29(17)13-7-3-2-4-8-13;19-20(16-10-4-1-5-11-16,17-12-6-2-7-13-17)18-14-8-3-9-15-18;1-13(2)17(16,14-9-5-3-6-10-14)15-11-7-4-8-12-15;/h2-12,30H,1H3;1-15H;3-12H,1H2,2H3;. The van der Waals surface area contributed by atoms with Gasteiger partial charge in [0, 0.05) is 110 Å².